The second-order valence-corrected chi connectivity index (χ2v) is 3.09. The van der Waals surface area contributed by atoms with Crippen molar-refractivity contribution in [3.05, 3.63) is 6.61 Å². The maximum Gasteiger partial charge on any atom is 0.0799 e. The van der Waals surface area contributed by atoms with Gasteiger partial charge in [0.2, 0.25) is 0 Å². The molecule has 0 saturated carbocycles. The Kier molecular flexibility index (Phi) is 9.92. The molecule has 0 aromatic carbocycles. The second kappa shape index (κ2) is 9.96. The largest absolute Gasteiger partial charge is 0.390 e. The first-order chi connectivity index (χ1) is 5.41. The van der Waals surface area contributed by atoms with Crippen LogP contribution in [0.4, 0.5) is 0 Å². The number of hydrogen-bond acceptors (Lipinski definition) is 1. The minimum absolute atomic E-state index is 0.869. The van der Waals surface area contributed by atoms with Gasteiger partial charge in [0, 0.05) is 0 Å². The summed E-state index contributed by atoms with van der Waals surface area (Å²) in [6, 6.07) is 0. The summed E-state index contributed by atoms with van der Waals surface area (Å²) in [4.78, 5) is 0. The van der Waals surface area contributed by atoms with Crippen LogP contribution in [0.15, 0.2) is 0 Å². The summed E-state index contributed by atoms with van der Waals surface area (Å²) >= 11 is 0. The molecule has 0 aliphatic rings. The summed E-state index contributed by atoms with van der Waals surface area (Å²) in [5.74, 6) is 0. The Bertz CT molecular complexity index is 53.9. The third-order valence-electron chi connectivity index (χ3n) is 1.94. The first-order valence-corrected chi connectivity index (χ1v) is 4.87. The summed E-state index contributed by atoms with van der Waals surface area (Å²) < 4.78 is 0. The Balaban J connectivity index is 2.69. The van der Waals surface area contributed by atoms with Gasteiger partial charge < -0.3 is 5.11 Å². The molecule has 11 heavy (non-hydrogen) atoms. The van der Waals surface area contributed by atoms with E-state index in [1.807, 2.05) is 0 Å². The zero-order valence-corrected chi connectivity index (χ0v) is 7.68. The van der Waals surface area contributed by atoms with E-state index in [0.717, 1.165) is 12.8 Å². The van der Waals surface area contributed by atoms with Crippen LogP contribution in [0, 0.1) is 6.61 Å². The monoisotopic (exact) mass is 157 g/mol. The van der Waals surface area contributed by atoms with Crippen molar-refractivity contribution in [1.82, 2.24) is 0 Å². The van der Waals surface area contributed by atoms with Crippen molar-refractivity contribution >= 4 is 0 Å². The van der Waals surface area contributed by atoms with Crippen molar-refractivity contribution in [2.24, 2.45) is 0 Å². The zero-order valence-electron chi connectivity index (χ0n) is 7.68. The molecule has 0 bridgehead atoms. The van der Waals surface area contributed by atoms with E-state index < -0.39 is 0 Å². The molecule has 0 amide bonds. The lowest BCUT2D eigenvalue weighted by atomic mass is 10.1. The molecular formula is C10H21O. The molecule has 0 heterocycles. The van der Waals surface area contributed by atoms with Gasteiger partial charge in [-0.1, -0.05) is 51.9 Å². The fourth-order valence-electron chi connectivity index (χ4n) is 1.19. The first-order valence-electron chi connectivity index (χ1n) is 4.87. The standard InChI is InChI=1S/C10H21O/c1-2-3-4-5-6-7-8-9-10-11/h10-11H,2-9H2,1H3. The zero-order chi connectivity index (χ0) is 8.36. The molecule has 0 unspecified atom stereocenters. The van der Waals surface area contributed by atoms with E-state index in [0.29, 0.717) is 0 Å². The minimum Gasteiger partial charge on any atom is -0.390 e. The van der Waals surface area contributed by atoms with Gasteiger partial charge in [-0.05, 0) is 6.42 Å². The van der Waals surface area contributed by atoms with Gasteiger partial charge in [-0.3, -0.25) is 0 Å². The molecule has 1 heteroatoms. The normalized spacial score (nSPS) is 10.4. The van der Waals surface area contributed by atoms with Crippen molar-refractivity contribution in [3.63, 3.8) is 0 Å². The predicted octanol–water partition coefficient (Wildman–Crippen LogP) is 3.66. The average molecular weight is 157 g/mol. The summed E-state index contributed by atoms with van der Waals surface area (Å²) in [7, 11) is 0. The number of hydrogen-bond donors (Lipinski definition) is 1. The van der Waals surface area contributed by atoms with E-state index in [9.17, 15) is 0 Å². The number of aliphatic hydroxyl groups is 1. The van der Waals surface area contributed by atoms with E-state index in [-0.39, 0.29) is 0 Å². The van der Waals surface area contributed by atoms with Crippen LogP contribution in [-0.2, 0) is 0 Å². The van der Waals surface area contributed by atoms with Crippen LogP contribution in [0.5, 0.6) is 0 Å². The van der Waals surface area contributed by atoms with Gasteiger partial charge in [0.1, 0.15) is 0 Å². The minimum atomic E-state index is 0.869. The van der Waals surface area contributed by atoms with E-state index >= 15 is 0 Å². The van der Waals surface area contributed by atoms with Crippen LogP contribution in [0.25, 0.3) is 0 Å². The van der Waals surface area contributed by atoms with Gasteiger partial charge in [-0.2, -0.15) is 0 Å². The number of rotatable bonds is 8. The quantitative estimate of drug-likeness (QED) is 0.533. The highest BCUT2D eigenvalue weighted by molar-refractivity contribution is 4.49. The van der Waals surface area contributed by atoms with Gasteiger partial charge in [0.05, 0.1) is 6.61 Å². The Morgan fingerprint density at radius 2 is 1.45 bits per heavy atom. The lowest BCUT2D eigenvalue weighted by Crippen LogP contribution is -1.80. The molecule has 0 rings (SSSR count). The summed E-state index contributed by atoms with van der Waals surface area (Å²) in [6.45, 7) is 3.51. The van der Waals surface area contributed by atoms with Gasteiger partial charge >= 0.3 is 0 Å². The summed E-state index contributed by atoms with van der Waals surface area (Å²) in [5, 5.41) is 8.38. The number of aliphatic hydroxyl groups excluding tert-OH is 1. The molecule has 67 valence electrons. The fourth-order valence-corrected chi connectivity index (χ4v) is 1.19. The molecule has 1 nitrogen and oxygen atoms in total. The Morgan fingerprint density at radius 1 is 0.909 bits per heavy atom. The average Bonchev–Trinajstić information content (AvgIpc) is 2.03. The lowest BCUT2D eigenvalue weighted by Gasteiger charge is -1.98. The molecule has 1 radical (unpaired) electrons. The Labute approximate surface area is 70.8 Å². The highest BCUT2D eigenvalue weighted by atomic mass is 16.2. The van der Waals surface area contributed by atoms with Gasteiger partial charge in [0.15, 0.2) is 0 Å². The highest BCUT2D eigenvalue weighted by Crippen LogP contribution is 2.08. The van der Waals surface area contributed by atoms with Crippen molar-refractivity contribution < 1.29 is 5.11 Å². The van der Waals surface area contributed by atoms with Gasteiger partial charge in [-0.15, -0.1) is 0 Å². The van der Waals surface area contributed by atoms with E-state index in [1.54, 1.807) is 0 Å². The molecule has 0 aliphatic heterocycles. The lowest BCUT2D eigenvalue weighted by molar-refractivity contribution is 0.367. The molecule has 0 fully saturated rings. The third-order valence-corrected chi connectivity index (χ3v) is 1.94. The molecule has 0 spiro atoms. The van der Waals surface area contributed by atoms with E-state index in [2.05, 4.69) is 6.92 Å². The molecule has 0 saturated heterocycles. The Hall–Kier alpha value is -0.0400. The second-order valence-electron chi connectivity index (χ2n) is 3.09. The molecule has 0 aromatic heterocycles. The molecule has 1 N–H and O–H groups in total. The maximum absolute atomic E-state index is 8.38. The van der Waals surface area contributed by atoms with Crippen LogP contribution in [0.3, 0.4) is 0 Å². The topological polar surface area (TPSA) is 20.2 Å². The van der Waals surface area contributed by atoms with Crippen molar-refractivity contribution in [3.8, 4) is 0 Å². The van der Waals surface area contributed by atoms with E-state index in [4.69, 9.17) is 5.11 Å². The predicted molar refractivity (Wildman–Crippen MR) is 48.8 cm³/mol. The third kappa shape index (κ3) is 9.96. The van der Waals surface area contributed by atoms with Gasteiger partial charge in [0.25, 0.3) is 0 Å². The summed E-state index contributed by atoms with van der Waals surface area (Å²) in [6.07, 6.45) is 10.1. The highest BCUT2D eigenvalue weighted by Gasteiger charge is 1.89. The molecular weight excluding hydrogens is 136 g/mol. The van der Waals surface area contributed by atoms with Crippen LogP contribution in [0.1, 0.15) is 58.3 Å². The van der Waals surface area contributed by atoms with Crippen LogP contribution >= 0.6 is 0 Å². The van der Waals surface area contributed by atoms with Crippen LogP contribution in [0.2, 0.25) is 0 Å². The van der Waals surface area contributed by atoms with Crippen LogP contribution < -0.4 is 0 Å². The molecule has 0 atom stereocenters. The van der Waals surface area contributed by atoms with Crippen molar-refractivity contribution in [1.29, 1.82) is 0 Å². The fraction of sp³-hybridized carbons (Fsp3) is 0.900. The summed E-state index contributed by atoms with van der Waals surface area (Å²) in [5.41, 5.74) is 0. The first kappa shape index (κ1) is 11.0. The molecule has 0 aromatic rings. The number of unbranched alkanes of at least 4 members (excludes halogenated alkanes) is 7. The van der Waals surface area contributed by atoms with Gasteiger partial charge in [-0.25, -0.2) is 0 Å². The van der Waals surface area contributed by atoms with Crippen LogP contribution in [-0.4, -0.2) is 5.11 Å². The van der Waals surface area contributed by atoms with E-state index in [1.165, 1.54) is 45.1 Å². The maximum atomic E-state index is 8.38. The van der Waals surface area contributed by atoms with Crippen molar-refractivity contribution in [2.75, 3.05) is 0 Å². The Morgan fingerprint density at radius 3 is 2.00 bits per heavy atom. The molecule has 0 aliphatic carbocycles. The van der Waals surface area contributed by atoms with Crippen molar-refractivity contribution in [2.45, 2.75) is 58.3 Å². The smallest absolute Gasteiger partial charge is 0.0799 e. The SMILES string of the molecule is CCCCCCCCC[CH]O.